The number of amides is 1. The minimum Gasteiger partial charge on any atom is -0.340 e. The fraction of sp³-hybridized carbons (Fsp3) is 0.722. The summed E-state index contributed by atoms with van der Waals surface area (Å²) in [6, 6.07) is 3.53. The molecule has 1 aliphatic carbocycles. The smallest absolute Gasteiger partial charge is 0.250 e. The minimum atomic E-state index is -3.53. The Hall–Kier alpha value is -0.670. The van der Waals surface area contributed by atoms with Crippen LogP contribution in [0.1, 0.15) is 39.5 Å². The summed E-state index contributed by atoms with van der Waals surface area (Å²) in [7, 11) is -3.53. The predicted octanol–water partition coefficient (Wildman–Crippen LogP) is 2.79. The number of rotatable bonds is 5. The Balaban J connectivity index is 1.48. The van der Waals surface area contributed by atoms with Gasteiger partial charge in [0.15, 0.2) is 0 Å². The van der Waals surface area contributed by atoms with Gasteiger partial charge in [0.2, 0.25) is 15.9 Å². The summed E-state index contributed by atoms with van der Waals surface area (Å²) < 4.78 is 28.3. The van der Waals surface area contributed by atoms with Crippen molar-refractivity contribution in [2.75, 3.05) is 26.2 Å². The number of halogens is 1. The van der Waals surface area contributed by atoms with Gasteiger partial charge in [0, 0.05) is 44.2 Å². The number of hydrogen-bond donors (Lipinski definition) is 1. The second-order valence-electron chi connectivity index (χ2n) is 7.68. The van der Waals surface area contributed by atoms with Gasteiger partial charge in [-0.1, -0.05) is 11.6 Å². The van der Waals surface area contributed by atoms with E-state index in [1.807, 2.05) is 4.90 Å². The molecule has 6 nitrogen and oxygen atoms in total. The zero-order valence-electron chi connectivity index (χ0n) is 15.9. The molecule has 1 aliphatic heterocycles. The van der Waals surface area contributed by atoms with Crippen LogP contribution in [-0.4, -0.2) is 62.4 Å². The highest BCUT2D eigenvalue weighted by Crippen LogP contribution is 2.29. The van der Waals surface area contributed by atoms with Crippen molar-refractivity contribution in [3.63, 3.8) is 0 Å². The summed E-state index contributed by atoms with van der Waals surface area (Å²) in [4.78, 5) is 17.2. The SMILES string of the molecule is CC(C)N1CCN(C(=O)[C@H]2CC[C@H](NS(=O)(=O)c3ccc(Cl)s3)CC2)CC1. The van der Waals surface area contributed by atoms with Crippen molar-refractivity contribution in [3.05, 3.63) is 16.5 Å². The normalized spacial score (nSPS) is 25.1. The first-order valence-electron chi connectivity index (χ1n) is 9.57. The lowest BCUT2D eigenvalue weighted by molar-refractivity contribution is -0.138. The maximum absolute atomic E-state index is 12.8. The van der Waals surface area contributed by atoms with E-state index in [-0.39, 0.29) is 22.1 Å². The summed E-state index contributed by atoms with van der Waals surface area (Å²) in [6.07, 6.45) is 2.87. The van der Waals surface area contributed by atoms with Gasteiger partial charge in [-0.05, 0) is 51.7 Å². The molecule has 0 atom stereocenters. The van der Waals surface area contributed by atoms with Crippen LogP contribution in [0.15, 0.2) is 16.3 Å². The Morgan fingerprint density at radius 2 is 1.78 bits per heavy atom. The van der Waals surface area contributed by atoms with Crippen LogP contribution in [0.5, 0.6) is 0 Å². The molecular formula is C18H28ClN3O3S2. The maximum Gasteiger partial charge on any atom is 0.250 e. The molecule has 0 unspecified atom stereocenters. The molecule has 1 saturated heterocycles. The first kappa shape index (κ1) is 21.0. The molecule has 152 valence electrons. The summed E-state index contributed by atoms with van der Waals surface area (Å²) in [5.74, 6) is 0.261. The number of carbonyl (C=O) groups is 1. The Morgan fingerprint density at radius 3 is 2.30 bits per heavy atom. The van der Waals surface area contributed by atoms with Crippen LogP contribution in [0, 0.1) is 5.92 Å². The molecule has 1 amide bonds. The minimum absolute atomic E-state index is 0.0209. The number of nitrogens with zero attached hydrogens (tertiary/aromatic N) is 2. The van der Waals surface area contributed by atoms with Gasteiger partial charge < -0.3 is 4.90 Å². The van der Waals surface area contributed by atoms with Crippen molar-refractivity contribution in [2.24, 2.45) is 5.92 Å². The predicted molar refractivity (Wildman–Crippen MR) is 109 cm³/mol. The zero-order chi connectivity index (χ0) is 19.6. The molecule has 1 aromatic rings. The third-order valence-electron chi connectivity index (χ3n) is 5.57. The molecule has 0 aromatic carbocycles. The second kappa shape index (κ2) is 8.78. The van der Waals surface area contributed by atoms with Crippen LogP contribution in [0.3, 0.4) is 0 Å². The summed E-state index contributed by atoms with van der Waals surface area (Å²) >= 11 is 6.90. The van der Waals surface area contributed by atoms with Gasteiger partial charge in [0.25, 0.3) is 0 Å². The Morgan fingerprint density at radius 1 is 1.15 bits per heavy atom. The first-order valence-corrected chi connectivity index (χ1v) is 12.2. The molecule has 0 spiro atoms. The quantitative estimate of drug-likeness (QED) is 0.775. The molecule has 9 heteroatoms. The zero-order valence-corrected chi connectivity index (χ0v) is 18.2. The van der Waals surface area contributed by atoms with Gasteiger partial charge in [-0.2, -0.15) is 0 Å². The number of hydrogen-bond acceptors (Lipinski definition) is 5. The van der Waals surface area contributed by atoms with Crippen molar-refractivity contribution in [2.45, 2.75) is 55.8 Å². The molecular weight excluding hydrogens is 406 g/mol. The van der Waals surface area contributed by atoms with Gasteiger partial charge in [0.1, 0.15) is 4.21 Å². The van der Waals surface area contributed by atoms with Crippen molar-refractivity contribution in [3.8, 4) is 0 Å². The van der Waals surface area contributed by atoms with Crippen LogP contribution in [-0.2, 0) is 14.8 Å². The van der Waals surface area contributed by atoms with Crippen LogP contribution in [0.25, 0.3) is 0 Å². The highest BCUT2D eigenvalue weighted by Gasteiger charge is 2.33. The van der Waals surface area contributed by atoms with E-state index in [1.165, 1.54) is 6.07 Å². The standard InChI is InChI=1S/C18H28ClN3O3S2/c1-13(2)21-9-11-22(12-10-21)18(23)14-3-5-15(6-4-14)20-27(24,25)17-8-7-16(19)26-17/h7-8,13-15,20H,3-6,9-12H2,1-2H3/t14-,15-. The van der Waals surface area contributed by atoms with E-state index in [2.05, 4.69) is 23.5 Å². The van der Waals surface area contributed by atoms with Crippen LogP contribution >= 0.6 is 22.9 Å². The average Bonchev–Trinajstić information content (AvgIpc) is 3.09. The molecule has 1 aromatic heterocycles. The molecule has 2 fully saturated rings. The van der Waals surface area contributed by atoms with E-state index in [9.17, 15) is 13.2 Å². The number of piperazine rings is 1. The highest BCUT2D eigenvalue weighted by molar-refractivity contribution is 7.91. The third-order valence-corrected chi connectivity index (χ3v) is 8.81. The van der Waals surface area contributed by atoms with Gasteiger partial charge in [-0.15, -0.1) is 11.3 Å². The first-order chi connectivity index (χ1) is 12.8. The van der Waals surface area contributed by atoms with Crippen molar-refractivity contribution in [1.82, 2.24) is 14.5 Å². The van der Waals surface area contributed by atoms with Crippen LogP contribution < -0.4 is 4.72 Å². The lowest BCUT2D eigenvalue weighted by Gasteiger charge is -2.39. The summed E-state index contributed by atoms with van der Waals surface area (Å²) in [6.45, 7) is 7.82. The fourth-order valence-electron chi connectivity index (χ4n) is 3.89. The van der Waals surface area contributed by atoms with Crippen molar-refractivity contribution >= 4 is 38.9 Å². The fourth-order valence-corrected chi connectivity index (χ4v) is 6.70. The van der Waals surface area contributed by atoms with Gasteiger partial charge in [-0.3, -0.25) is 9.69 Å². The Bertz CT molecular complexity index is 750. The molecule has 2 aliphatic rings. The van der Waals surface area contributed by atoms with Gasteiger partial charge >= 0.3 is 0 Å². The van der Waals surface area contributed by atoms with Crippen LogP contribution in [0.4, 0.5) is 0 Å². The number of thiophene rings is 1. The lowest BCUT2D eigenvalue weighted by atomic mass is 9.85. The largest absolute Gasteiger partial charge is 0.340 e. The summed E-state index contributed by atoms with van der Waals surface area (Å²) in [5, 5.41) is 0. The number of nitrogens with one attached hydrogen (secondary N) is 1. The van der Waals surface area contributed by atoms with Crippen LogP contribution in [0.2, 0.25) is 4.34 Å². The number of sulfonamides is 1. The lowest BCUT2D eigenvalue weighted by Crippen LogP contribution is -2.52. The topological polar surface area (TPSA) is 69.7 Å². The molecule has 0 bridgehead atoms. The molecule has 3 rings (SSSR count). The van der Waals surface area contributed by atoms with E-state index in [4.69, 9.17) is 11.6 Å². The molecule has 1 saturated carbocycles. The van der Waals surface area contributed by atoms with Crippen molar-refractivity contribution < 1.29 is 13.2 Å². The number of carbonyl (C=O) groups excluding carboxylic acids is 1. The van der Waals surface area contributed by atoms with E-state index < -0.39 is 10.0 Å². The van der Waals surface area contributed by atoms with Gasteiger partial charge in [-0.25, -0.2) is 13.1 Å². The van der Waals surface area contributed by atoms with Crippen molar-refractivity contribution in [1.29, 1.82) is 0 Å². The molecule has 1 N–H and O–H groups in total. The molecule has 27 heavy (non-hydrogen) atoms. The van der Waals surface area contributed by atoms with Gasteiger partial charge in [0.05, 0.1) is 4.34 Å². The van der Waals surface area contributed by atoms with E-state index in [0.29, 0.717) is 23.2 Å². The monoisotopic (exact) mass is 433 g/mol. The average molecular weight is 434 g/mol. The van der Waals surface area contributed by atoms with E-state index in [0.717, 1.165) is 50.4 Å². The second-order valence-corrected chi connectivity index (χ2v) is 11.3. The van der Waals surface area contributed by atoms with E-state index in [1.54, 1.807) is 6.07 Å². The Labute approximate surface area is 170 Å². The highest BCUT2D eigenvalue weighted by atomic mass is 35.5. The molecule has 2 heterocycles. The molecule has 0 radical (unpaired) electrons. The maximum atomic E-state index is 12.8. The Kier molecular flexibility index (Phi) is 6.84. The van der Waals surface area contributed by atoms with E-state index >= 15 is 0 Å². The third kappa shape index (κ3) is 5.23. The summed E-state index contributed by atoms with van der Waals surface area (Å²) in [5.41, 5.74) is 0.